The van der Waals surface area contributed by atoms with Crippen molar-refractivity contribution in [2.24, 2.45) is 0 Å². The van der Waals surface area contributed by atoms with Crippen molar-refractivity contribution < 1.29 is 18.0 Å². The summed E-state index contributed by atoms with van der Waals surface area (Å²) >= 11 is 0. The molecule has 0 bridgehead atoms. The fraction of sp³-hybridized carbons (Fsp3) is 0.364. The van der Waals surface area contributed by atoms with E-state index < -0.39 is 10.0 Å². The van der Waals surface area contributed by atoms with E-state index in [2.05, 4.69) is 10.6 Å². The molecule has 1 aliphatic heterocycles. The molecule has 0 aromatic heterocycles. The number of nitrogens with zero attached hydrogens (tertiary/aromatic N) is 1. The number of nitrogens with one attached hydrogen (secondary N) is 2. The molecule has 0 unspecified atom stereocenters. The Hall–Kier alpha value is -2.87. The minimum absolute atomic E-state index is 0.0277. The van der Waals surface area contributed by atoms with Crippen LogP contribution in [0.15, 0.2) is 48.5 Å². The summed E-state index contributed by atoms with van der Waals surface area (Å²) in [6.45, 7) is 4.35. The van der Waals surface area contributed by atoms with E-state index in [-0.39, 0.29) is 23.6 Å². The maximum absolute atomic E-state index is 12.7. The predicted octanol–water partition coefficient (Wildman–Crippen LogP) is 3.40. The smallest absolute Gasteiger partial charge is 0.255 e. The van der Waals surface area contributed by atoms with Crippen LogP contribution in [0.5, 0.6) is 0 Å². The van der Waals surface area contributed by atoms with Gasteiger partial charge in [-0.15, -0.1) is 0 Å². The Kier molecular flexibility index (Phi) is 6.77. The van der Waals surface area contributed by atoms with Gasteiger partial charge in [0, 0.05) is 18.2 Å². The second-order valence-corrected chi connectivity index (χ2v) is 9.44. The van der Waals surface area contributed by atoms with Gasteiger partial charge in [0.1, 0.15) is 0 Å². The van der Waals surface area contributed by atoms with Gasteiger partial charge < -0.3 is 10.6 Å². The summed E-state index contributed by atoms with van der Waals surface area (Å²) in [7, 11) is -3.30. The Morgan fingerprint density at radius 1 is 1.03 bits per heavy atom. The highest BCUT2D eigenvalue weighted by atomic mass is 32.2. The highest BCUT2D eigenvalue weighted by Crippen LogP contribution is 2.24. The fourth-order valence-corrected chi connectivity index (χ4v) is 4.89. The third-order valence-electron chi connectivity index (χ3n) is 5.18. The van der Waals surface area contributed by atoms with Gasteiger partial charge in [-0.1, -0.05) is 19.1 Å². The van der Waals surface area contributed by atoms with Crippen LogP contribution in [-0.4, -0.2) is 38.6 Å². The van der Waals surface area contributed by atoms with Gasteiger partial charge >= 0.3 is 0 Å². The molecule has 2 aromatic rings. The van der Waals surface area contributed by atoms with Crippen LogP contribution in [0, 0.1) is 0 Å². The molecule has 1 saturated heterocycles. The van der Waals surface area contributed by atoms with Crippen molar-refractivity contribution in [3.8, 4) is 0 Å². The standard InChI is InChI=1S/C22H27N3O4S/c1-3-16(2)23-22(27)19-8-4-5-9-20(19)24-21(26)17-10-12-18(13-11-17)25-14-6-7-15-30(25,28)29/h4-5,8-13,16H,3,6-7,14-15H2,1-2H3,(H,23,27)(H,24,26)/t16-/m1/s1. The summed E-state index contributed by atoms with van der Waals surface area (Å²) in [5.41, 5.74) is 1.75. The number of rotatable bonds is 6. The van der Waals surface area contributed by atoms with Crippen LogP contribution in [0.25, 0.3) is 0 Å². The second-order valence-electron chi connectivity index (χ2n) is 7.42. The summed E-state index contributed by atoms with van der Waals surface area (Å²) in [5.74, 6) is -0.470. The molecule has 0 spiro atoms. The van der Waals surface area contributed by atoms with Crippen molar-refractivity contribution in [1.29, 1.82) is 0 Å². The Labute approximate surface area is 177 Å². The fourth-order valence-electron chi connectivity index (χ4n) is 3.25. The number of anilines is 2. The third-order valence-corrected chi connectivity index (χ3v) is 7.05. The first-order valence-corrected chi connectivity index (χ1v) is 11.7. The summed E-state index contributed by atoms with van der Waals surface area (Å²) in [4.78, 5) is 25.2. The lowest BCUT2D eigenvalue weighted by atomic mass is 10.1. The molecule has 1 atom stereocenters. The number of carbonyl (C=O) groups excluding carboxylic acids is 2. The summed E-state index contributed by atoms with van der Waals surface area (Å²) < 4.78 is 25.9. The molecule has 0 radical (unpaired) electrons. The van der Waals surface area contributed by atoms with Crippen LogP contribution in [-0.2, 0) is 10.0 Å². The van der Waals surface area contributed by atoms with Crippen LogP contribution in [0.2, 0.25) is 0 Å². The van der Waals surface area contributed by atoms with E-state index in [0.717, 1.165) is 12.8 Å². The van der Waals surface area contributed by atoms with E-state index in [1.807, 2.05) is 13.8 Å². The van der Waals surface area contributed by atoms with Crippen molar-refractivity contribution in [2.75, 3.05) is 21.9 Å². The first-order chi connectivity index (χ1) is 14.3. The van der Waals surface area contributed by atoms with Gasteiger partial charge in [-0.05, 0) is 62.6 Å². The molecule has 30 heavy (non-hydrogen) atoms. The Balaban J connectivity index is 1.75. The molecule has 2 aromatic carbocycles. The number of hydrogen-bond acceptors (Lipinski definition) is 4. The van der Waals surface area contributed by atoms with Crippen LogP contribution in [0.1, 0.15) is 53.8 Å². The summed E-state index contributed by atoms with van der Waals surface area (Å²) in [6.07, 6.45) is 2.29. The Bertz CT molecular complexity index is 1020. The number of benzene rings is 2. The zero-order chi connectivity index (χ0) is 21.7. The van der Waals surface area contributed by atoms with Gasteiger partial charge in [0.05, 0.1) is 22.7 Å². The molecule has 1 heterocycles. The first-order valence-electron chi connectivity index (χ1n) is 10.1. The second kappa shape index (κ2) is 9.30. The van der Waals surface area contributed by atoms with Gasteiger partial charge in [0.15, 0.2) is 0 Å². The number of carbonyl (C=O) groups is 2. The number of hydrogen-bond donors (Lipinski definition) is 2. The van der Waals surface area contributed by atoms with Crippen molar-refractivity contribution in [1.82, 2.24) is 5.32 Å². The van der Waals surface area contributed by atoms with Crippen molar-refractivity contribution in [2.45, 2.75) is 39.2 Å². The van der Waals surface area contributed by atoms with Gasteiger partial charge in [0.2, 0.25) is 10.0 Å². The van der Waals surface area contributed by atoms with E-state index >= 15 is 0 Å². The number of para-hydroxylation sites is 1. The van der Waals surface area contributed by atoms with Crippen molar-refractivity contribution in [3.63, 3.8) is 0 Å². The van der Waals surface area contributed by atoms with Gasteiger partial charge in [-0.3, -0.25) is 13.9 Å². The molecule has 2 N–H and O–H groups in total. The molecule has 1 aliphatic rings. The Morgan fingerprint density at radius 2 is 1.73 bits per heavy atom. The minimum Gasteiger partial charge on any atom is -0.350 e. The largest absolute Gasteiger partial charge is 0.350 e. The van der Waals surface area contributed by atoms with Gasteiger partial charge in [0.25, 0.3) is 11.8 Å². The summed E-state index contributed by atoms with van der Waals surface area (Å²) in [5, 5.41) is 5.68. The maximum atomic E-state index is 12.7. The Morgan fingerprint density at radius 3 is 2.40 bits per heavy atom. The van der Waals surface area contributed by atoms with Crippen molar-refractivity contribution in [3.05, 3.63) is 59.7 Å². The molecule has 8 heteroatoms. The molecule has 7 nitrogen and oxygen atoms in total. The third kappa shape index (κ3) is 4.99. The van der Waals surface area contributed by atoms with E-state index in [0.29, 0.717) is 35.5 Å². The molecule has 160 valence electrons. The topological polar surface area (TPSA) is 95.6 Å². The van der Waals surface area contributed by atoms with Crippen molar-refractivity contribution >= 4 is 33.2 Å². The molecule has 3 rings (SSSR count). The number of sulfonamides is 1. The van der Waals surface area contributed by atoms with Crippen LogP contribution in [0.4, 0.5) is 11.4 Å². The summed E-state index contributed by atoms with van der Waals surface area (Å²) in [6, 6.07) is 13.3. The van der Waals surface area contributed by atoms with Crippen LogP contribution >= 0.6 is 0 Å². The van der Waals surface area contributed by atoms with E-state index in [9.17, 15) is 18.0 Å². The monoisotopic (exact) mass is 429 g/mol. The average Bonchev–Trinajstić information content (AvgIpc) is 2.73. The minimum atomic E-state index is -3.30. The number of amides is 2. The van der Waals surface area contributed by atoms with E-state index in [4.69, 9.17) is 0 Å². The first kappa shape index (κ1) is 21.8. The molecular weight excluding hydrogens is 402 g/mol. The molecule has 0 aliphatic carbocycles. The molecule has 0 saturated carbocycles. The average molecular weight is 430 g/mol. The highest BCUT2D eigenvalue weighted by molar-refractivity contribution is 7.92. The lowest BCUT2D eigenvalue weighted by Crippen LogP contribution is -2.37. The van der Waals surface area contributed by atoms with Crippen LogP contribution in [0.3, 0.4) is 0 Å². The zero-order valence-corrected chi connectivity index (χ0v) is 18.0. The lowest BCUT2D eigenvalue weighted by Gasteiger charge is -2.28. The SMILES string of the molecule is CC[C@@H](C)NC(=O)c1ccccc1NC(=O)c1ccc(N2CCCCS2(=O)=O)cc1. The normalized spacial score (nSPS) is 16.5. The predicted molar refractivity (Wildman–Crippen MR) is 118 cm³/mol. The van der Waals surface area contributed by atoms with Gasteiger partial charge in [-0.25, -0.2) is 8.42 Å². The van der Waals surface area contributed by atoms with E-state index in [1.54, 1.807) is 48.5 Å². The molecular formula is C22H27N3O4S. The lowest BCUT2D eigenvalue weighted by molar-refractivity contribution is 0.0940. The zero-order valence-electron chi connectivity index (χ0n) is 17.2. The molecule has 2 amide bonds. The quantitative estimate of drug-likeness (QED) is 0.736. The maximum Gasteiger partial charge on any atom is 0.255 e. The highest BCUT2D eigenvalue weighted by Gasteiger charge is 2.26. The van der Waals surface area contributed by atoms with Crippen LogP contribution < -0.4 is 14.9 Å². The molecule has 1 fully saturated rings. The van der Waals surface area contributed by atoms with E-state index in [1.165, 1.54) is 4.31 Å². The van der Waals surface area contributed by atoms with Gasteiger partial charge in [-0.2, -0.15) is 0 Å².